The number of carboxylic acid groups (broad SMARTS) is 1. The minimum Gasteiger partial charge on any atom is -0.480 e. The lowest BCUT2D eigenvalue weighted by Gasteiger charge is -2.35. The number of likely N-dealkylation sites (tertiary alicyclic amines) is 1. The topological polar surface area (TPSA) is 75.5 Å². The summed E-state index contributed by atoms with van der Waals surface area (Å²) in [6.45, 7) is 3.30. The van der Waals surface area contributed by atoms with Crippen molar-refractivity contribution in [3.63, 3.8) is 0 Å². The SMILES string of the molecule is Cc1cnc(OC2CCN(C(C(=O)O)c3ccsc3)CC2)nc1. The Hall–Kier alpha value is -1.99. The molecule has 0 radical (unpaired) electrons. The van der Waals surface area contributed by atoms with Crippen molar-refractivity contribution in [2.75, 3.05) is 13.1 Å². The van der Waals surface area contributed by atoms with Gasteiger partial charge in [-0.2, -0.15) is 11.3 Å². The summed E-state index contributed by atoms with van der Waals surface area (Å²) in [5.41, 5.74) is 1.84. The second-order valence-electron chi connectivity index (χ2n) is 5.69. The fourth-order valence-electron chi connectivity index (χ4n) is 2.78. The molecule has 1 atom stereocenters. The molecule has 1 aliphatic rings. The molecule has 6 nitrogen and oxygen atoms in total. The Morgan fingerprint density at radius 1 is 1.39 bits per heavy atom. The van der Waals surface area contributed by atoms with Crippen LogP contribution in [0, 0.1) is 6.92 Å². The van der Waals surface area contributed by atoms with Gasteiger partial charge in [-0.25, -0.2) is 9.97 Å². The van der Waals surface area contributed by atoms with Crippen molar-refractivity contribution in [3.8, 4) is 6.01 Å². The van der Waals surface area contributed by atoms with E-state index in [0.29, 0.717) is 19.1 Å². The molecule has 1 aliphatic heterocycles. The molecule has 0 spiro atoms. The summed E-state index contributed by atoms with van der Waals surface area (Å²) in [4.78, 5) is 21.9. The van der Waals surface area contributed by atoms with Crippen LogP contribution in [0.25, 0.3) is 0 Å². The van der Waals surface area contributed by atoms with Crippen LogP contribution in [0.1, 0.15) is 30.0 Å². The molecule has 0 amide bonds. The Balaban J connectivity index is 1.59. The van der Waals surface area contributed by atoms with Gasteiger partial charge in [0.15, 0.2) is 0 Å². The molecule has 3 heterocycles. The predicted molar refractivity (Wildman–Crippen MR) is 86.7 cm³/mol. The van der Waals surface area contributed by atoms with Gasteiger partial charge in [0.25, 0.3) is 0 Å². The smallest absolute Gasteiger partial charge is 0.325 e. The Morgan fingerprint density at radius 2 is 2.09 bits per heavy atom. The van der Waals surface area contributed by atoms with Crippen LogP contribution in [-0.4, -0.2) is 45.1 Å². The molecule has 0 aromatic carbocycles. The lowest BCUT2D eigenvalue weighted by Crippen LogP contribution is -2.43. The third-order valence-electron chi connectivity index (χ3n) is 3.96. The van der Waals surface area contributed by atoms with Gasteiger partial charge < -0.3 is 9.84 Å². The lowest BCUT2D eigenvalue weighted by atomic mass is 10.0. The number of rotatable bonds is 5. The lowest BCUT2D eigenvalue weighted by molar-refractivity contribution is -0.144. The number of thiophene rings is 1. The number of nitrogens with zero attached hydrogens (tertiary/aromatic N) is 3. The van der Waals surface area contributed by atoms with Crippen molar-refractivity contribution < 1.29 is 14.6 Å². The molecule has 7 heteroatoms. The molecular formula is C16H19N3O3S. The minimum absolute atomic E-state index is 0.0332. The first-order chi connectivity index (χ1) is 11.1. The molecule has 23 heavy (non-hydrogen) atoms. The largest absolute Gasteiger partial charge is 0.480 e. The number of ether oxygens (including phenoxy) is 1. The van der Waals surface area contributed by atoms with E-state index in [1.165, 1.54) is 11.3 Å². The van der Waals surface area contributed by atoms with Gasteiger partial charge in [-0.1, -0.05) is 0 Å². The summed E-state index contributed by atoms with van der Waals surface area (Å²) in [6.07, 6.45) is 5.03. The van der Waals surface area contributed by atoms with E-state index in [-0.39, 0.29) is 6.10 Å². The van der Waals surface area contributed by atoms with Gasteiger partial charge in [0.05, 0.1) is 0 Å². The van der Waals surface area contributed by atoms with Gasteiger partial charge in [-0.15, -0.1) is 0 Å². The van der Waals surface area contributed by atoms with E-state index < -0.39 is 12.0 Å². The first kappa shape index (κ1) is 15.9. The first-order valence-corrected chi connectivity index (χ1v) is 8.52. The Morgan fingerprint density at radius 3 is 2.65 bits per heavy atom. The van der Waals surface area contributed by atoms with Crippen molar-refractivity contribution in [1.82, 2.24) is 14.9 Å². The van der Waals surface area contributed by atoms with Crippen LogP contribution in [0.2, 0.25) is 0 Å². The first-order valence-electron chi connectivity index (χ1n) is 7.58. The van der Waals surface area contributed by atoms with E-state index in [1.54, 1.807) is 12.4 Å². The van der Waals surface area contributed by atoms with Crippen LogP contribution < -0.4 is 4.74 Å². The maximum atomic E-state index is 11.6. The highest BCUT2D eigenvalue weighted by Crippen LogP contribution is 2.27. The maximum absolute atomic E-state index is 11.6. The standard InChI is InChI=1S/C16H19N3O3S/c1-11-8-17-16(18-9-11)22-13-2-5-19(6-3-13)14(15(20)21)12-4-7-23-10-12/h4,7-10,13-14H,2-3,5-6H2,1H3,(H,20,21). The molecule has 2 aromatic rings. The van der Waals surface area contributed by atoms with E-state index in [9.17, 15) is 9.90 Å². The number of piperidine rings is 1. The number of aliphatic carboxylic acids is 1. The molecule has 1 fully saturated rings. The number of carbonyl (C=O) groups is 1. The van der Waals surface area contributed by atoms with Crippen LogP contribution >= 0.6 is 11.3 Å². The van der Waals surface area contributed by atoms with E-state index >= 15 is 0 Å². The molecule has 1 saturated heterocycles. The Labute approximate surface area is 138 Å². The molecule has 0 aliphatic carbocycles. The number of hydrogen-bond acceptors (Lipinski definition) is 6. The average molecular weight is 333 g/mol. The van der Waals surface area contributed by atoms with Crippen molar-refractivity contribution in [2.45, 2.75) is 31.9 Å². The summed E-state index contributed by atoms with van der Waals surface area (Å²) >= 11 is 1.52. The Bertz CT molecular complexity index is 637. The van der Waals surface area contributed by atoms with Gasteiger partial charge in [0.1, 0.15) is 12.1 Å². The molecule has 1 N–H and O–H groups in total. The summed E-state index contributed by atoms with van der Waals surface area (Å²) in [5, 5.41) is 13.4. The highest BCUT2D eigenvalue weighted by molar-refractivity contribution is 7.08. The maximum Gasteiger partial charge on any atom is 0.325 e. The van der Waals surface area contributed by atoms with Crippen molar-refractivity contribution in [3.05, 3.63) is 40.3 Å². The zero-order valence-corrected chi connectivity index (χ0v) is 13.7. The summed E-state index contributed by atoms with van der Waals surface area (Å²) < 4.78 is 5.80. The zero-order valence-electron chi connectivity index (χ0n) is 12.9. The van der Waals surface area contributed by atoms with E-state index in [1.807, 2.05) is 28.7 Å². The quantitative estimate of drug-likeness (QED) is 0.906. The van der Waals surface area contributed by atoms with Crippen LogP contribution in [0.3, 0.4) is 0 Å². The van der Waals surface area contributed by atoms with Crippen molar-refractivity contribution >= 4 is 17.3 Å². The fraction of sp³-hybridized carbons (Fsp3) is 0.438. The zero-order chi connectivity index (χ0) is 16.2. The average Bonchev–Trinajstić information content (AvgIpc) is 3.05. The van der Waals surface area contributed by atoms with Gasteiger partial charge in [-0.05, 0) is 47.7 Å². The second-order valence-corrected chi connectivity index (χ2v) is 6.47. The number of aromatic nitrogens is 2. The van der Waals surface area contributed by atoms with Gasteiger partial charge in [0, 0.05) is 25.5 Å². The normalized spacial score (nSPS) is 17.8. The molecule has 2 aromatic heterocycles. The monoisotopic (exact) mass is 333 g/mol. The highest BCUT2D eigenvalue weighted by Gasteiger charge is 2.31. The number of carboxylic acids is 1. The van der Waals surface area contributed by atoms with Gasteiger partial charge in [-0.3, -0.25) is 9.69 Å². The summed E-state index contributed by atoms with van der Waals surface area (Å²) in [6, 6.07) is 1.70. The van der Waals surface area contributed by atoms with Gasteiger partial charge in [0.2, 0.25) is 0 Å². The Kier molecular flexibility index (Phi) is 4.88. The van der Waals surface area contributed by atoms with E-state index in [4.69, 9.17) is 4.74 Å². The molecule has 0 saturated carbocycles. The van der Waals surface area contributed by atoms with Gasteiger partial charge >= 0.3 is 12.0 Å². The molecule has 122 valence electrons. The molecular weight excluding hydrogens is 314 g/mol. The third-order valence-corrected chi connectivity index (χ3v) is 4.67. The van der Waals surface area contributed by atoms with Crippen LogP contribution in [0.4, 0.5) is 0 Å². The molecule has 3 rings (SSSR count). The fourth-order valence-corrected chi connectivity index (χ4v) is 3.46. The van der Waals surface area contributed by atoms with Crippen LogP contribution in [-0.2, 0) is 4.79 Å². The summed E-state index contributed by atoms with van der Waals surface area (Å²) in [7, 11) is 0. The third kappa shape index (κ3) is 3.86. The number of hydrogen-bond donors (Lipinski definition) is 1. The predicted octanol–water partition coefficient (Wildman–Crippen LogP) is 2.52. The van der Waals surface area contributed by atoms with Crippen molar-refractivity contribution in [2.24, 2.45) is 0 Å². The number of aryl methyl sites for hydroxylation is 1. The minimum atomic E-state index is -0.801. The molecule has 1 unspecified atom stereocenters. The van der Waals surface area contributed by atoms with E-state index in [0.717, 1.165) is 24.0 Å². The molecule has 0 bridgehead atoms. The van der Waals surface area contributed by atoms with Crippen LogP contribution in [0.5, 0.6) is 6.01 Å². The highest BCUT2D eigenvalue weighted by atomic mass is 32.1. The van der Waals surface area contributed by atoms with Crippen LogP contribution in [0.15, 0.2) is 29.2 Å². The van der Waals surface area contributed by atoms with E-state index in [2.05, 4.69) is 9.97 Å². The summed E-state index contributed by atoms with van der Waals surface area (Å²) in [5.74, 6) is -0.801. The van der Waals surface area contributed by atoms with Crippen molar-refractivity contribution in [1.29, 1.82) is 0 Å². The second kappa shape index (κ2) is 7.06.